The molecule has 0 bridgehead atoms. The summed E-state index contributed by atoms with van der Waals surface area (Å²) in [6.07, 6.45) is 2.25. The summed E-state index contributed by atoms with van der Waals surface area (Å²) < 4.78 is 38.0. The van der Waals surface area contributed by atoms with E-state index >= 15 is 0 Å². The molecule has 1 spiro atoms. The Morgan fingerprint density at radius 3 is 2.48 bits per heavy atom. The Kier molecular flexibility index (Phi) is 5.74. The van der Waals surface area contributed by atoms with Gasteiger partial charge in [-0.25, -0.2) is 13.4 Å². The monoisotopic (exact) mass is 468 g/mol. The number of amides is 1. The fourth-order valence-electron chi connectivity index (χ4n) is 4.55. The molecule has 2 aromatic heterocycles. The topological polar surface area (TPSA) is 106 Å². The van der Waals surface area contributed by atoms with Crippen LogP contribution in [0.1, 0.15) is 41.1 Å². The Hall–Kier alpha value is -2.17. The fraction of sp³-hybridized carbons (Fsp3) is 0.550. The van der Waals surface area contributed by atoms with E-state index in [1.54, 1.807) is 24.8 Å². The van der Waals surface area contributed by atoms with Crippen molar-refractivity contribution in [3.8, 4) is 5.88 Å². The van der Waals surface area contributed by atoms with Crippen LogP contribution in [-0.4, -0.2) is 67.0 Å². The summed E-state index contributed by atoms with van der Waals surface area (Å²) in [6, 6.07) is 3.11. The van der Waals surface area contributed by atoms with E-state index in [1.165, 1.54) is 17.5 Å². The van der Waals surface area contributed by atoms with Gasteiger partial charge in [0.05, 0.1) is 7.11 Å². The molecule has 0 atom stereocenters. The van der Waals surface area contributed by atoms with Gasteiger partial charge in [-0.15, -0.1) is 0 Å². The number of aryl methyl sites for hydroxylation is 2. The van der Waals surface area contributed by atoms with Crippen LogP contribution in [0.15, 0.2) is 21.6 Å². The maximum absolute atomic E-state index is 13.1. The highest BCUT2D eigenvalue weighted by Crippen LogP contribution is 2.43. The second kappa shape index (κ2) is 8.07. The number of ether oxygens (including phenoxy) is 1. The number of carbonyl (C=O) groups is 1. The van der Waals surface area contributed by atoms with E-state index in [0.29, 0.717) is 49.1 Å². The average molecular weight is 469 g/mol. The number of rotatable bonds is 4. The molecule has 2 aliphatic rings. The van der Waals surface area contributed by atoms with Crippen LogP contribution in [-0.2, 0) is 10.0 Å². The summed E-state index contributed by atoms with van der Waals surface area (Å²) in [7, 11) is -2.18. The largest absolute Gasteiger partial charge is 0.481 e. The molecule has 0 unspecified atom stereocenters. The maximum Gasteiger partial charge on any atom is 0.254 e. The van der Waals surface area contributed by atoms with Gasteiger partial charge < -0.3 is 14.2 Å². The highest BCUT2D eigenvalue weighted by atomic mass is 35.5. The number of likely N-dealkylation sites (tertiary alicyclic amines) is 1. The summed E-state index contributed by atoms with van der Waals surface area (Å²) in [5, 5.41) is 3.99. The zero-order valence-electron chi connectivity index (χ0n) is 17.7. The predicted octanol–water partition coefficient (Wildman–Crippen LogP) is 2.67. The molecule has 4 rings (SSSR count). The summed E-state index contributed by atoms with van der Waals surface area (Å²) in [6.45, 7) is 5.26. The van der Waals surface area contributed by atoms with Crippen molar-refractivity contribution in [2.45, 2.75) is 38.0 Å². The quantitative estimate of drug-likeness (QED) is 0.635. The second-order valence-corrected chi connectivity index (χ2v) is 10.5. The lowest BCUT2D eigenvalue weighted by molar-refractivity contribution is 0.0599. The zero-order chi connectivity index (χ0) is 22.4. The lowest BCUT2D eigenvalue weighted by atomic mass is 9.78. The molecule has 1 amide bonds. The third-order valence-corrected chi connectivity index (χ3v) is 8.59. The molecule has 0 aromatic carbocycles. The Morgan fingerprint density at radius 1 is 1.19 bits per heavy atom. The summed E-state index contributed by atoms with van der Waals surface area (Å²) in [5.74, 6) is 0.473. The number of nitrogens with zero attached hydrogens (tertiary/aromatic N) is 4. The Morgan fingerprint density at radius 2 is 1.87 bits per heavy atom. The maximum atomic E-state index is 13.1. The molecule has 11 heteroatoms. The van der Waals surface area contributed by atoms with E-state index in [9.17, 15) is 13.2 Å². The van der Waals surface area contributed by atoms with Crippen LogP contribution in [0.3, 0.4) is 0 Å². The number of hydrogen-bond donors (Lipinski definition) is 0. The van der Waals surface area contributed by atoms with Gasteiger partial charge in [-0.1, -0.05) is 16.8 Å². The highest BCUT2D eigenvalue weighted by Gasteiger charge is 2.46. The molecule has 9 nitrogen and oxygen atoms in total. The molecule has 2 aromatic rings. The lowest BCUT2D eigenvalue weighted by Gasteiger charge is -2.39. The summed E-state index contributed by atoms with van der Waals surface area (Å²) in [4.78, 5) is 18.9. The van der Waals surface area contributed by atoms with Crippen LogP contribution in [0.2, 0.25) is 5.15 Å². The number of halogens is 1. The van der Waals surface area contributed by atoms with Crippen molar-refractivity contribution in [2.75, 3.05) is 33.3 Å². The number of hydrogen-bond acceptors (Lipinski definition) is 7. The molecule has 31 heavy (non-hydrogen) atoms. The molecular weight excluding hydrogens is 444 g/mol. The van der Waals surface area contributed by atoms with E-state index in [0.717, 1.165) is 19.3 Å². The van der Waals surface area contributed by atoms with Crippen molar-refractivity contribution in [3.63, 3.8) is 0 Å². The Labute approximate surface area is 186 Å². The first-order chi connectivity index (χ1) is 14.6. The first kappa shape index (κ1) is 22.0. The van der Waals surface area contributed by atoms with Crippen LogP contribution in [0.4, 0.5) is 0 Å². The van der Waals surface area contributed by atoms with Crippen LogP contribution in [0, 0.1) is 19.3 Å². The number of aromatic nitrogens is 2. The van der Waals surface area contributed by atoms with E-state index in [-0.39, 0.29) is 21.4 Å². The molecule has 0 aliphatic carbocycles. The second-order valence-electron chi connectivity index (χ2n) is 8.25. The van der Waals surface area contributed by atoms with Crippen LogP contribution >= 0.6 is 11.6 Å². The van der Waals surface area contributed by atoms with E-state index in [4.69, 9.17) is 20.9 Å². The summed E-state index contributed by atoms with van der Waals surface area (Å²) in [5.41, 5.74) is 0.684. The number of sulfonamides is 1. The van der Waals surface area contributed by atoms with Gasteiger partial charge in [0, 0.05) is 37.8 Å². The standard InChI is InChI=1S/C20H25ClN4O5S/c1-13-18(14(2)30-23-13)31(27,28)25-9-6-20(12-25)4-7-24(8-5-20)19(26)15-10-16(21)22-17(11-15)29-3/h10-11H,4-9,12H2,1-3H3. The lowest BCUT2D eigenvalue weighted by Crippen LogP contribution is -2.44. The van der Waals surface area contributed by atoms with Gasteiger partial charge >= 0.3 is 0 Å². The normalized spacial score (nSPS) is 19.2. The Bertz CT molecular complexity index is 1090. The average Bonchev–Trinajstić information content (AvgIpc) is 3.31. The van der Waals surface area contributed by atoms with Gasteiger partial charge in [-0.2, -0.15) is 4.31 Å². The molecule has 2 fully saturated rings. The van der Waals surface area contributed by atoms with Crippen molar-refractivity contribution in [1.29, 1.82) is 0 Å². The minimum absolute atomic E-state index is 0.129. The molecule has 0 N–H and O–H groups in total. The van der Waals surface area contributed by atoms with Crippen molar-refractivity contribution >= 4 is 27.5 Å². The van der Waals surface area contributed by atoms with Gasteiger partial charge in [-0.05, 0) is 44.6 Å². The fourth-order valence-corrected chi connectivity index (χ4v) is 6.59. The van der Waals surface area contributed by atoms with Crippen LogP contribution < -0.4 is 4.74 Å². The number of piperidine rings is 1. The van der Waals surface area contributed by atoms with Gasteiger partial charge in [0.25, 0.3) is 5.91 Å². The third kappa shape index (κ3) is 4.04. The first-order valence-electron chi connectivity index (χ1n) is 10.1. The van der Waals surface area contributed by atoms with E-state index in [2.05, 4.69) is 10.1 Å². The number of carbonyl (C=O) groups excluding carboxylic acids is 1. The molecule has 2 saturated heterocycles. The summed E-state index contributed by atoms with van der Waals surface area (Å²) >= 11 is 6.00. The molecule has 168 valence electrons. The van der Waals surface area contributed by atoms with Crippen molar-refractivity contribution < 1.29 is 22.5 Å². The molecule has 4 heterocycles. The van der Waals surface area contributed by atoms with E-state index in [1.807, 2.05) is 0 Å². The van der Waals surface area contributed by atoms with Gasteiger partial charge in [0.15, 0.2) is 5.76 Å². The number of pyridine rings is 1. The van der Waals surface area contributed by atoms with Gasteiger partial charge in [-0.3, -0.25) is 4.79 Å². The van der Waals surface area contributed by atoms with Gasteiger partial charge in [0.2, 0.25) is 15.9 Å². The van der Waals surface area contributed by atoms with E-state index < -0.39 is 10.0 Å². The van der Waals surface area contributed by atoms with Crippen molar-refractivity contribution in [1.82, 2.24) is 19.3 Å². The SMILES string of the molecule is COc1cc(C(=O)N2CCC3(CC2)CCN(S(=O)(=O)c2c(C)noc2C)C3)cc(Cl)n1. The van der Waals surface area contributed by atoms with Crippen molar-refractivity contribution in [3.05, 3.63) is 34.3 Å². The Balaban J connectivity index is 1.44. The molecule has 0 saturated carbocycles. The minimum atomic E-state index is -3.66. The molecular formula is C20H25ClN4O5S. The third-order valence-electron chi connectivity index (χ3n) is 6.31. The van der Waals surface area contributed by atoms with Crippen LogP contribution in [0.25, 0.3) is 0 Å². The highest BCUT2D eigenvalue weighted by molar-refractivity contribution is 7.89. The first-order valence-corrected chi connectivity index (χ1v) is 11.9. The molecule has 2 aliphatic heterocycles. The number of methoxy groups -OCH3 is 1. The van der Waals surface area contributed by atoms with Gasteiger partial charge in [0.1, 0.15) is 15.7 Å². The molecule has 0 radical (unpaired) electrons. The van der Waals surface area contributed by atoms with Crippen molar-refractivity contribution in [2.24, 2.45) is 5.41 Å². The zero-order valence-corrected chi connectivity index (χ0v) is 19.3. The minimum Gasteiger partial charge on any atom is -0.481 e. The predicted molar refractivity (Wildman–Crippen MR) is 113 cm³/mol. The smallest absolute Gasteiger partial charge is 0.254 e. The van der Waals surface area contributed by atoms with Crippen LogP contribution in [0.5, 0.6) is 5.88 Å².